The van der Waals surface area contributed by atoms with Crippen molar-refractivity contribution in [3.8, 4) is 0 Å². The number of nitrogens with one attached hydrogen (secondary N) is 1. The normalized spacial score (nSPS) is 12.6. The Bertz CT molecular complexity index is 344. The van der Waals surface area contributed by atoms with Crippen molar-refractivity contribution >= 4 is 11.6 Å². The first-order chi connectivity index (χ1) is 9.29. The topological polar surface area (TPSA) is 50.9 Å². The molecule has 1 aromatic heterocycles. The van der Waals surface area contributed by atoms with E-state index in [9.17, 15) is 0 Å². The van der Waals surface area contributed by atoms with Crippen LogP contribution < -0.4 is 11.3 Å². The summed E-state index contributed by atoms with van der Waals surface area (Å²) in [5.41, 5.74) is 3.90. The number of halogens is 1. The standard InChI is InChI=1S/C15H26ClN3/c1-2-3-4-5-6-7-8-9-15(19-17)13-10-11-18-12-14(13)16/h10-12,15,19H,2-9,17H2,1H3. The van der Waals surface area contributed by atoms with Crippen LogP contribution in [0.3, 0.4) is 0 Å². The molecule has 0 saturated heterocycles. The number of unbranched alkanes of at least 4 members (excludes halogenated alkanes) is 6. The smallest absolute Gasteiger partial charge is 0.0637 e. The summed E-state index contributed by atoms with van der Waals surface area (Å²) in [7, 11) is 0. The summed E-state index contributed by atoms with van der Waals surface area (Å²) < 4.78 is 0. The van der Waals surface area contributed by atoms with E-state index in [0.717, 1.165) is 12.0 Å². The Hall–Kier alpha value is -0.640. The Labute approximate surface area is 121 Å². The second-order valence-corrected chi connectivity index (χ2v) is 5.43. The molecule has 3 nitrogen and oxygen atoms in total. The minimum atomic E-state index is 0.131. The predicted octanol–water partition coefficient (Wildman–Crippen LogP) is 4.38. The van der Waals surface area contributed by atoms with E-state index in [4.69, 9.17) is 17.4 Å². The number of aromatic nitrogens is 1. The molecule has 0 aliphatic heterocycles. The Kier molecular flexibility index (Phi) is 8.80. The molecule has 0 amide bonds. The number of rotatable bonds is 10. The van der Waals surface area contributed by atoms with Gasteiger partial charge in [-0.25, -0.2) is 0 Å². The molecule has 0 spiro atoms. The van der Waals surface area contributed by atoms with Gasteiger partial charge in [0.2, 0.25) is 0 Å². The van der Waals surface area contributed by atoms with Gasteiger partial charge in [-0.2, -0.15) is 0 Å². The van der Waals surface area contributed by atoms with E-state index >= 15 is 0 Å². The highest BCUT2D eigenvalue weighted by Gasteiger charge is 2.12. The lowest BCUT2D eigenvalue weighted by Crippen LogP contribution is -2.28. The van der Waals surface area contributed by atoms with Crippen LogP contribution in [0.1, 0.15) is 69.9 Å². The van der Waals surface area contributed by atoms with E-state index in [1.54, 1.807) is 12.4 Å². The molecule has 1 atom stereocenters. The second kappa shape index (κ2) is 10.2. The maximum Gasteiger partial charge on any atom is 0.0637 e. The van der Waals surface area contributed by atoms with Crippen molar-refractivity contribution in [3.05, 3.63) is 29.0 Å². The minimum absolute atomic E-state index is 0.131. The zero-order valence-corrected chi connectivity index (χ0v) is 12.6. The molecule has 0 radical (unpaired) electrons. The number of hydrogen-bond donors (Lipinski definition) is 2. The van der Waals surface area contributed by atoms with Crippen LogP contribution >= 0.6 is 11.6 Å². The summed E-state index contributed by atoms with van der Waals surface area (Å²) in [6.45, 7) is 2.25. The van der Waals surface area contributed by atoms with Crippen LogP contribution in [0, 0.1) is 0 Å². The van der Waals surface area contributed by atoms with Gasteiger partial charge in [0, 0.05) is 18.4 Å². The molecule has 19 heavy (non-hydrogen) atoms. The molecule has 0 bridgehead atoms. The maximum atomic E-state index is 6.14. The molecule has 0 saturated carbocycles. The van der Waals surface area contributed by atoms with Gasteiger partial charge in [0.05, 0.1) is 5.02 Å². The first kappa shape index (κ1) is 16.4. The number of pyridine rings is 1. The van der Waals surface area contributed by atoms with Gasteiger partial charge >= 0.3 is 0 Å². The molecular weight excluding hydrogens is 258 g/mol. The van der Waals surface area contributed by atoms with Crippen molar-refractivity contribution in [2.75, 3.05) is 0 Å². The Morgan fingerprint density at radius 1 is 1.21 bits per heavy atom. The third kappa shape index (κ3) is 6.37. The summed E-state index contributed by atoms with van der Waals surface area (Å²) >= 11 is 6.14. The fraction of sp³-hybridized carbons (Fsp3) is 0.667. The largest absolute Gasteiger partial charge is 0.271 e. The quantitative estimate of drug-likeness (QED) is 0.381. The lowest BCUT2D eigenvalue weighted by Gasteiger charge is -2.17. The second-order valence-electron chi connectivity index (χ2n) is 5.03. The van der Waals surface area contributed by atoms with Crippen LogP contribution in [-0.2, 0) is 0 Å². The summed E-state index contributed by atoms with van der Waals surface area (Å²) in [5.74, 6) is 5.63. The zero-order chi connectivity index (χ0) is 13.9. The van der Waals surface area contributed by atoms with Gasteiger partial charge in [0.15, 0.2) is 0 Å². The zero-order valence-electron chi connectivity index (χ0n) is 11.9. The SMILES string of the molecule is CCCCCCCCCC(NN)c1ccncc1Cl. The first-order valence-electron chi connectivity index (χ1n) is 7.35. The molecule has 1 unspecified atom stereocenters. The first-order valence-corrected chi connectivity index (χ1v) is 7.73. The highest BCUT2D eigenvalue weighted by atomic mass is 35.5. The van der Waals surface area contributed by atoms with Crippen LogP contribution in [0.2, 0.25) is 5.02 Å². The predicted molar refractivity (Wildman–Crippen MR) is 81.9 cm³/mol. The molecule has 1 aromatic rings. The summed E-state index contributed by atoms with van der Waals surface area (Å²) in [6, 6.07) is 2.07. The van der Waals surface area contributed by atoms with Gasteiger partial charge in [-0.1, -0.05) is 63.5 Å². The number of nitrogens with two attached hydrogens (primary N) is 1. The van der Waals surface area contributed by atoms with Gasteiger partial charge in [0.1, 0.15) is 0 Å². The molecule has 3 N–H and O–H groups in total. The Balaban J connectivity index is 2.24. The van der Waals surface area contributed by atoms with Crippen LogP contribution in [0.15, 0.2) is 18.5 Å². The van der Waals surface area contributed by atoms with Gasteiger partial charge in [-0.15, -0.1) is 0 Å². The molecule has 0 aliphatic carbocycles. The third-order valence-electron chi connectivity index (χ3n) is 3.48. The fourth-order valence-electron chi connectivity index (χ4n) is 2.30. The van der Waals surface area contributed by atoms with Gasteiger partial charge < -0.3 is 0 Å². The Morgan fingerprint density at radius 2 is 1.89 bits per heavy atom. The van der Waals surface area contributed by atoms with E-state index in [1.807, 2.05) is 6.07 Å². The minimum Gasteiger partial charge on any atom is -0.271 e. The lowest BCUT2D eigenvalue weighted by molar-refractivity contribution is 0.475. The maximum absolute atomic E-state index is 6.14. The van der Waals surface area contributed by atoms with Gasteiger partial charge in [-0.05, 0) is 18.1 Å². The number of hydrogen-bond acceptors (Lipinski definition) is 3. The van der Waals surface area contributed by atoms with Gasteiger partial charge in [0.25, 0.3) is 0 Å². The average molecular weight is 284 g/mol. The number of hydrazine groups is 1. The molecule has 0 fully saturated rings. The fourth-order valence-corrected chi connectivity index (χ4v) is 2.55. The Morgan fingerprint density at radius 3 is 2.53 bits per heavy atom. The van der Waals surface area contributed by atoms with E-state index in [1.165, 1.54) is 44.9 Å². The molecule has 0 aliphatic rings. The average Bonchev–Trinajstić information content (AvgIpc) is 2.43. The van der Waals surface area contributed by atoms with Crippen LogP contribution in [0.25, 0.3) is 0 Å². The molecule has 0 aromatic carbocycles. The van der Waals surface area contributed by atoms with Crippen LogP contribution in [0.4, 0.5) is 0 Å². The van der Waals surface area contributed by atoms with Crippen LogP contribution in [-0.4, -0.2) is 4.98 Å². The third-order valence-corrected chi connectivity index (χ3v) is 3.79. The molecular formula is C15H26ClN3. The summed E-state index contributed by atoms with van der Waals surface area (Å²) in [4.78, 5) is 4.00. The summed E-state index contributed by atoms with van der Waals surface area (Å²) in [6.07, 6.45) is 13.6. The van der Waals surface area contributed by atoms with E-state index in [-0.39, 0.29) is 6.04 Å². The van der Waals surface area contributed by atoms with Crippen LogP contribution in [0.5, 0.6) is 0 Å². The van der Waals surface area contributed by atoms with E-state index < -0.39 is 0 Å². The van der Waals surface area contributed by atoms with Crippen molar-refractivity contribution in [2.24, 2.45) is 5.84 Å². The van der Waals surface area contributed by atoms with Gasteiger partial charge in [-0.3, -0.25) is 16.3 Å². The van der Waals surface area contributed by atoms with E-state index in [0.29, 0.717) is 5.02 Å². The van der Waals surface area contributed by atoms with Crippen molar-refractivity contribution in [1.29, 1.82) is 0 Å². The molecule has 1 rings (SSSR count). The van der Waals surface area contributed by atoms with Crippen molar-refractivity contribution in [3.63, 3.8) is 0 Å². The monoisotopic (exact) mass is 283 g/mol. The molecule has 4 heteroatoms. The highest BCUT2D eigenvalue weighted by molar-refractivity contribution is 6.31. The van der Waals surface area contributed by atoms with E-state index in [2.05, 4.69) is 17.3 Å². The van der Waals surface area contributed by atoms with Crippen molar-refractivity contribution in [2.45, 2.75) is 64.3 Å². The summed E-state index contributed by atoms with van der Waals surface area (Å²) in [5, 5.41) is 0.688. The molecule has 108 valence electrons. The number of nitrogens with zero attached hydrogens (tertiary/aromatic N) is 1. The van der Waals surface area contributed by atoms with Crippen molar-refractivity contribution in [1.82, 2.24) is 10.4 Å². The lowest BCUT2D eigenvalue weighted by atomic mass is 10.0. The highest BCUT2D eigenvalue weighted by Crippen LogP contribution is 2.25. The van der Waals surface area contributed by atoms with Crippen molar-refractivity contribution < 1.29 is 0 Å². The molecule has 1 heterocycles.